The molecule has 0 spiro atoms. The van der Waals surface area contributed by atoms with Gasteiger partial charge in [-0.1, -0.05) is 43.7 Å². The van der Waals surface area contributed by atoms with Crippen molar-refractivity contribution in [1.82, 2.24) is 5.32 Å². The van der Waals surface area contributed by atoms with Crippen molar-refractivity contribution >= 4 is 10.8 Å². The fraction of sp³-hybridized carbons (Fsp3) is 0.600. The van der Waals surface area contributed by atoms with Gasteiger partial charge in [0.2, 0.25) is 0 Å². The lowest BCUT2D eigenvalue weighted by molar-refractivity contribution is 0.565. The molecule has 2 nitrogen and oxygen atoms in total. The second-order valence-electron chi connectivity index (χ2n) is 5.32. The highest BCUT2D eigenvalue weighted by Gasteiger charge is 2.23. The topological polar surface area (TPSA) is 29.1 Å². The van der Waals surface area contributed by atoms with E-state index >= 15 is 0 Å². The summed E-state index contributed by atoms with van der Waals surface area (Å²) in [5, 5.41) is 3.42. The van der Waals surface area contributed by atoms with Crippen molar-refractivity contribution in [3.05, 3.63) is 35.4 Å². The second kappa shape index (κ2) is 7.05. The van der Waals surface area contributed by atoms with Crippen LogP contribution in [-0.4, -0.2) is 22.3 Å². The molecule has 3 unspecified atom stereocenters. The smallest absolute Gasteiger partial charge is 0.0514 e. The average molecular weight is 267 g/mol. The molecule has 0 aliphatic heterocycles. The zero-order valence-corrected chi connectivity index (χ0v) is 12.9. The highest BCUT2D eigenvalue weighted by atomic mass is 32.2. The summed E-state index contributed by atoms with van der Waals surface area (Å²) in [5.74, 6) is 1.24. The van der Waals surface area contributed by atoms with E-state index in [9.17, 15) is 4.21 Å². The van der Waals surface area contributed by atoms with Crippen molar-refractivity contribution in [2.45, 2.75) is 39.0 Å². The molecule has 1 aromatic carbocycles. The zero-order chi connectivity index (χ0) is 13.7. The minimum absolute atomic E-state index is 0.125. The van der Waals surface area contributed by atoms with Crippen LogP contribution in [0.1, 0.15) is 37.9 Å². The molecule has 0 saturated carbocycles. The van der Waals surface area contributed by atoms with Crippen molar-refractivity contribution < 1.29 is 4.21 Å². The normalized spacial score (nSPS) is 16.6. The van der Waals surface area contributed by atoms with Gasteiger partial charge in [0, 0.05) is 22.6 Å². The molecule has 102 valence electrons. The molecule has 0 radical (unpaired) electrons. The molecule has 0 fully saturated rings. The lowest BCUT2D eigenvalue weighted by Gasteiger charge is -2.24. The van der Waals surface area contributed by atoms with Gasteiger partial charge in [0.15, 0.2) is 0 Å². The van der Waals surface area contributed by atoms with Crippen LogP contribution in [0.15, 0.2) is 24.3 Å². The van der Waals surface area contributed by atoms with E-state index in [0.717, 1.165) is 5.75 Å². The zero-order valence-electron chi connectivity index (χ0n) is 12.1. The predicted molar refractivity (Wildman–Crippen MR) is 80.3 cm³/mol. The summed E-state index contributed by atoms with van der Waals surface area (Å²) >= 11 is 0. The molecule has 0 aliphatic rings. The Balaban J connectivity index is 2.82. The highest BCUT2D eigenvalue weighted by Crippen LogP contribution is 2.21. The first-order valence-corrected chi connectivity index (χ1v) is 7.95. The SMILES string of the molecule is CNC(c1ccc(C)cc1)C(C)S(=O)CC(C)C. The Kier molecular flexibility index (Phi) is 6.03. The minimum Gasteiger partial charge on any atom is -0.312 e. The first kappa shape index (κ1) is 15.4. The first-order chi connectivity index (χ1) is 8.45. The van der Waals surface area contributed by atoms with Crippen LogP contribution in [0.2, 0.25) is 0 Å². The Labute approximate surface area is 114 Å². The van der Waals surface area contributed by atoms with Crippen molar-refractivity contribution in [1.29, 1.82) is 0 Å². The molecule has 1 N–H and O–H groups in total. The Morgan fingerprint density at radius 3 is 2.17 bits per heavy atom. The second-order valence-corrected chi connectivity index (χ2v) is 7.16. The van der Waals surface area contributed by atoms with Crippen molar-refractivity contribution in [2.24, 2.45) is 5.92 Å². The fourth-order valence-electron chi connectivity index (χ4n) is 2.08. The standard InChI is InChI=1S/C15H25NOS/c1-11(2)10-18(17)13(4)15(16-5)14-8-6-12(3)7-9-14/h6-9,11,13,15-16H,10H2,1-5H3. The minimum atomic E-state index is -0.793. The molecule has 1 aromatic rings. The van der Waals surface area contributed by atoms with Crippen LogP contribution in [-0.2, 0) is 10.8 Å². The number of rotatable bonds is 6. The van der Waals surface area contributed by atoms with Crippen LogP contribution in [0.3, 0.4) is 0 Å². The van der Waals surface area contributed by atoms with Gasteiger partial charge < -0.3 is 5.32 Å². The largest absolute Gasteiger partial charge is 0.312 e. The molecule has 0 aliphatic carbocycles. The van der Waals surface area contributed by atoms with Gasteiger partial charge in [0.1, 0.15) is 0 Å². The van der Waals surface area contributed by atoms with Gasteiger partial charge in [-0.3, -0.25) is 4.21 Å². The van der Waals surface area contributed by atoms with Gasteiger partial charge in [-0.05, 0) is 32.4 Å². The van der Waals surface area contributed by atoms with Crippen LogP contribution in [0.4, 0.5) is 0 Å². The summed E-state index contributed by atoms with van der Waals surface area (Å²) in [4.78, 5) is 0. The van der Waals surface area contributed by atoms with Crippen molar-refractivity contribution in [3.8, 4) is 0 Å². The lowest BCUT2D eigenvalue weighted by Crippen LogP contribution is -2.32. The maximum atomic E-state index is 12.3. The molecular formula is C15H25NOS. The van der Waals surface area contributed by atoms with Crippen LogP contribution in [0, 0.1) is 12.8 Å². The molecule has 0 saturated heterocycles. The number of aryl methyl sites for hydroxylation is 1. The van der Waals surface area contributed by atoms with E-state index in [0.29, 0.717) is 5.92 Å². The van der Waals surface area contributed by atoms with E-state index in [1.165, 1.54) is 11.1 Å². The van der Waals surface area contributed by atoms with E-state index in [1.807, 2.05) is 7.05 Å². The predicted octanol–water partition coefficient (Wildman–Crippen LogP) is 3.05. The third-order valence-electron chi connectivity index (χ3n) is 3.13. The molecule has 3 heteroatoms. The van der Waals surface area contributed by atoms with Gasteiger partial charge in [0.25, 0.3) is 0 Å². The van der Waals surface area contributed by atoms with Crippen molar-refractivity contribution in [3.63, 3.8) is 0 Å². The summed E-state index contributed by atoms with van der Waals surface area (Å²) in [7, 11) is 1.14. The van der Waals surface area contributed by atoms with Crippen molar-refractivity contribution in [2.75, 3.05) is 12.8 Å². The summed E-state index contributed by atoms with van der Waals surface area (Å²) in [6.07, 6.45) is 0. The molecular weight excluding hydrogens is 242 g/mol. The van der Waals surface area contributed by atoms with Gasteiger partial charge in [0.05, 0.1) is 5.25 Å². The maximum absolute atomic E-state index is 12.3. The van der Waals surface area contributed by atoms with E-state index in [1.54, 1.807) is 0 Å². The van der Waals surface area contributed by atoms with Gasteiger partial charge in [-0.15, -0.1) is 0 Å². The Bertz CT molecular complexity index is 386. The molecule has 0 heterocycles. The molecule has 0 bridgehead atoms. The quantitative estimate of drug-likeness (QED) is 0.858. The third-order valence-corrected chi connectivity index (χ3v) is 5.23. The van der Waals surface area contributed by atoms with E-state index < -0.39 is 10.8 Å². The van der Waals surface area contributed by atoms with Gasteiger partial charge >= 0.3 is 0 Å². The monoisotopic (exact) mass is 267 g/mol. The van der Waals surface area contributed by atoms with Gasteiger partial charge in [-0.25, -0.2) is 0 Å². The maximum Gasteiger partial charge on any atom is 0.0514 e. The van der Waals surface area contributed by atoms with Crippen LogP contribution >= 0.6 is 0 Å². The summed E-state index contributed by atoms with van der Waals surface area (Å²) in [6.45, 7) is 8.38. The summed E-state index contributed by atoms with van der Waals surface area (Å²) < 4.78 is 12.3. The number of nitrogens with one attached hydrogen (secondary N) is 1. The molecule has 0 amide bonds. The Morgan fingerprint density at radius 2 is 1.72 bits per heavy atom. The molecule has 1 rings (SSSR count). The average Bonchev–Trinajstić information content (AvgIpc) is 2.31. The van der Waals surface area contributed by atoms with E-state index in [4.69, 9.17) is 0 Å². The lowest BCUT2D eigenvalue weighted by atomic mass is 10.0. The Morgan fingerprint density at radius 1 is 1.17 bits per heavy atom. The molecule has 0 aromatic heterocycles. The molecule has 18 heavy (non-hydrogen) atoms. The van der Waals surface area contributed by atoms with Crippen LogP contribution in [0.25, 0.3) is 0 Å². The Hall–Kier alpha value is -0.670. The molecule has 3 atom stereocenters. The van der Waals surface area contributed by atoms with E-state index in [2.05, 4.69) is 57.3 Å². The number of hydrogen-bond donors (Lipinski definition) is 1. The summed E-state index contributed by atoms with van der Waals surface area (Å²) in [6, 6.07) is 8.62. The van der Waals surface area contributed by atoms with Crippen LogP contribution < -0.4 is 5.32 Å². The van der Waals surface area contributed by atoms with E-state index in [-0.39, 0.29) is 11.3 Å². The summed E-state index contributed by atoms with van der Waals surface area (Å²) in [5.41, 5.74) is 2.47. The van der Waals surface area contributed by atoms with Gasteiger partial charge in [-0.2, -0.15) is 0 Å². The fourth-order valence-corrected chi connectivity index (χ4v) is 3.64. The highest BCUT2D eigenvalue weighted by molar-refractivity contribution is 7.85. The first-order valence-electron chi connectivity index (χ1n) is 6.56. The third kappa shape index (κ3) is 4.21. The number of hydrogen-bond acceptors (Lipinski definition) is 2. The van der Waals surface area contributed by atoms with Crippen LogP contribution in [0.5, 0.6) is 0 Å². The number of benzene rings is 1.